The van der Waals surface area contributed by atoms with Crippen LogP contribution in [0, 0.1) is 12.8 Å². The van der Waals surface area contributed by atoms with Gasteiger partial charge in [0.05, 0.1) is 25.4 Å². The highest BCUT2D eigenvalue weighted by Gasteiger charge is 2.34. The number of aryl methyl sites for hydroxylation is 1. The van der Waals surface area contributed by atoms with Crippen LogP contribution in [0.15, 0.2) is 30.6 Å². The molecule has 29 heavy (non-hydrogen) atoms. The number of methoxy groups -OCH3 is 1. The first-order valence-corrected chi connectivity index (χ1v) is 10.3. The Morgan fingerprint density at radius 3 is 2.97 bits per heavy atom. The predicted molar refractivity (Wildman–Crippen MR) is 113 cm³/mol. The minimum atomic E-state index is 0.572. The van der Waals surface area contributed by atoms with Gasteiger partial charge in [0.15, 0.2) is 11.5 Å². The van der Waals surface area contributed by atoms with Crippen molar-refractivity contribution >= 4 is 22.5 Å². The predicted octanol–water partition coefficient (Wildman–Crippen LogP) is 3.88. The SMILES string of the molecule is COc1cnc(Nc2nc(C)cc3[nH]ccc23)cc1OC[C@H]1CCN(C2CC2)C1. The van der Waals surface area contributed by atoms with E-state index in [4.69, 9.17) is 9.47 Å². The first-order chi connectivity index (χ1) is 14.2. The van der Waals surface area contributed by atoms with E-state index in [1.54, 1.807) is 13.3 Å². The molecule has 0 spiro atoms. The molecule has 1 saturated heterocycles. The number of nitrogens with zero attached hydrogens (tertiary/aromatic N) is 3. The van der Waals surface area contributed by atoms with Crippen LogP contribution in [-0.4, -0.2) is 52.7 Å². The molecule has 0 bridgehead atoms. The lowest BCUT2D eigenvalue weighted by atomic mass is 10.1. The van der Waals surface area contributed by atoms with Gasteiger partial charge in [-0.15, -0.1) is 0 Å². The van der Waals surface area contributed by atoms with Gasteiger partial charge in [0.25, 0.3) is 0 Å². The van der Waals surface area contributed by atoms with E-state index in [-0.39, 0.29) is 0 Å². The molecule has 3 aromatic rings. The normalized spacial score (nSPS) is 19.6. The quantitative estimate of drug-likeness (QED) is 0.634. The molecular formula is C22H27N5O2. The molecule has 3 aromatic heterocycles. The van der Waals surface area contributed by atoms with Gasteiger partial charge in [0, 0.05) is 41.8 Å². The number of rotatable bonds is 7. The second-order valence-electron chi connectivity index (χ2n) is 8.09. The summed E-state index contributed by atoms with van der Waals surface area (Å²) in [6.45, 7) is 5.02. The molecule has 5 rings (SSSR count). The zero-order valence-corrected chi connectivity index (χ0v) is 16.9. The Morgan fingerprint density at radius 1 is 1.24 bits per heavy atom. The lowest BCUT2D eigenvalue weighted by Crippen LogP contribution is -2.24. The lowest BCUT2D eigenvalue weighted by molar-refractivity contribution is 0.229. The lowest BCUT2D eigenvalue weighted by Gasteiger charge is -2.17. The summed E-state index contributed by atoms with van der Waals surface area (Å²) in [6.07, 6.45) is 7.55. The first-order valence-electron chi connectivity index (χ1n) is 10.3. The molecule has 4 heterocycles. The van der Waals surface area contributed by atoms with E-state index < -0.39 is 0 Å². The summed E-state index contributed by atoms with van der Waals surface area (Å²) in [7, 11) is 1.65. The van der Waals surface area contributed by atoms with Crippen LogP contribution in [0.3, 0.4) is 0 Å². The number of hydrogen-bond donors (Lipinski definition) is 2. The number of aromatic nitrogens is 3. The summed E-state index contributed by atoms with van der Waals surface area (Å²) >= 11 is 0. The van der Waals surface area contributed by atoms with Crippen LogP contribution < -0.4 is 14.8 Å². The second kappa shape index (κ2) is 7.55. The fourth-order valence-corrected chi connectivity index (χ4v) is 4.14. The monoisotopic (exact) mass is 393 g/mol. The Balaban J connectivity index is 1.31. The van der Waals surface area contributed by atoms with Crippen LogP contribution in [0.5, 0.6) is 11.5 Å². The number of fused-ring (bicyclic) bond motifs is 1. The van der Waals surface area contributed by atoms with Gasteiger partial charge >= 0.3 is 0 Å². The fourth-order valence-electron chi connectivity index (χ4n) is 4.14. The van der Waals surface area contributed by atoms with Crippen molar-refractivity contribution in [2.24, 2.45) is 5.92 Å². The van der Waals surface area contributed by atoms with E-state index in [2.05, 4.69) is 25.2 Å². The van der Waals surface area contributed by atoms with Gasteiger partial charge in [0.1, 0.15) is 11.6 Å². The molecular weight excluding hydrogens is 366 g/mol. The number of ether oxygens (including phenoxy) is 2. The number of anilines is 2. The average Bonchev–Trinajstić information content (AvgIpc) is 3.27. The molecule has 0 radical (unpaired) electrons. The van der Waals surface area contributed by atoms with Crippen LogP contribution in [0.25, 0.3) is 10.9 Å². The van der Waals surface area contributed by atoms with E-state index >= 15 is 0 Å². The molecule has 7 heteroatoms. The van der Waals surface area contributed by atoms with Crippen molar-refractivity contribution in [1.29, 1.82) is 0 Å². The van der Waals surface area contributed by atoms with E-state index in [0.717, 1.165) is 35.0 Å². The summed E-state index contributed by atoms with van der Waals surface area (Å²) in [5, 5.41) is 4.37. The highest BCUT2D eigenvalue weighted by Crippen LogP contribution is 2.34. The number of pyridine rings is 2. The Bertz CT molecular complexity index is 1010. The summed E-state index contributed by atoms with van der Waals surface area (Å²) in [5.41, 5.74) is 1.99. The Morgan fingerprint density at radius 2 is 2.14 bits per heavy atom. The van der Waals surface area contributed by atoms with Crippen molar-refractivity contribution in [3.8, 4) is 11.5 Å². The zero-order valence-electron chi connectivity index (χ0n) is 16.9. The van der Waals surface area contributed by atoms with E-state index in [9.17, 15) is 0 Å². The second-order valence-corrected chi connectivity index (χ2v) is 8.09. The highest BCUT2D eigenvalue weighted by molar-refractivity contribution is 5.91. The minimum Gasteiger partial charge on any atom is -0.491 e. The number of likely N-dealkylation sites (tertiary alicyclic amines) is 1. The Hall–Kier alpha value is -2.80. The van der Waals surface area contributed by atoms with Gasteiger partial charge < -0.3 is 19.8 Å². The fraction of sp³-hybridized carbons (Fsp3) is 0.455. The van der Waals surface area contributed by atoms with Gasteiger partial charge in [-0.2, -0.15) is 0 Å². The third-order valence-corrected chi connectivity index (χ3v) is 5.83. The number of aromatic amines is 1. The Labute approximate surface area is 170 Å². The smallest absolute Gasteiger partial charge is 0.179 e. The maximum absolute atomic E-state index is 6.18. The Kier molecular flexibility index (Phi) is 4.75. The summed E-state index contributed by atoms with van der Waals surface area (Å²) < 4.78 is 11.6. The topological polar surface area (TPSA) is 75.3 Å². The molecule has 0 aromatic carbocycles. The van der Waals surface area contributed by atoms with Crippen molar-refractivity contribution in [1.82, 2.24) is 19.9 Å². The first kappa shape index (κ1) is 18.2. The van der Waals surface area contributed by atoms with Crippen LogP contribution in [0.2, 0.25) is 0 Å². The van der Waals surface area contributed by atoms with Crippen molar-refractivity contribution < 1.29 is 9.47 Å². The standard InChI is InChI=1S/C22H27N5O2/c1-14-9-18-17(5-7-23-18)22(25-14)26-21-10-19(20(28-2)11-24-21)29-13-15-6-8-27(12-15)16-3-4-16/h5,7,9-11,15-16,23H,3-4,6,8,12-13H2,1-2H3,(H,24,25,26)/t15-/m0/s1. The molecule has 7 nitrogen and oxygen atoms in total. The molecule has 2 aliphatic rings. The zero-order chi connectivity index (χ0) is 19.8. The molecule has 1 atom stereocenters. The minimum absolute atomic E-state index is 0.572. The molecule has 0 unspecified atom stereocenters. The van der Waals surface area contributed by atoms with E-state index in [0.29, 0.717) is 29.8 Å². The van der Waals surface area contributed by atoms with E-state index in [1.807, 2.05) is 31.3 Å². The molecule has 2 N–H and O–H groups in total. The molecule has 152 valence electrons. The van der Waals surface area contributed by atoms with Crippen molar-refractivity contribution in [3.05, 3.63) is 36.3 Å². The number of nitrogens with one attached hydrogen (secondary N) is 2. The molecule has 1 saturated carbocycles. The maximum atomic E-state index is 6.18. The average molecular weight is 393 g/mol. The van der Waals surface area contributed by atoms with Crippen LogP contribution in [-0.2, 0) is 0 Å². The number of H-pyrrole nitrogens is 1. The van der Waals surface area contributed by atoms with Gasteiger partial charge in [-0.05, 0) is 44.9 Å². The number of hydrogen-bond acceptors (Lipinski definition) is 6. The molecule has 1 aliphatic heterocycles. The van der Waals surface area contributed by atoms with Crippen LogP contribution >= 0.6 is 0 Å². The highest BCUT2D eigenvalue weighted by atomic mass is 16.5. The molecule has 0 amide bonds. The van der Waals surface area contributed by atoms with Crippen molar-refractivity contribution in [2.45, 2.75) is 32.2 Å². The summed E-state index contributed by atoms with van der Waals surface area (Å²) in [5.74, 6) is 3.40. The van der Waals surface area contributed by atoms with Gasteiger partial charge in [-0.3, -0.25) is 4.90 Å². The van der Waals surface area contributed by atoms with Crippen LogP contribution in [0.1, 0.15) is 25.0 Å². The van der Waals surface area contributed by atoms with Gasteiger partial charge in [0.2, 0.25) is 0 Å². The summed E-state index contributed by atoms with van der Waals surface area (Å²) in [4.78, 5) is 14.9. The third-order valence-electron chi connectivity index (χ3n) is 5.83. The van der Waals surface area contributed by atoms with Gasteiger partial charge in [-0.1, -0.05) is 0 Å². The van der Waals surface area contributed by atoms with E-state index in [1.165, 1.54) is 25.8 Å². The largest absolute Gasteiger partial charge is 0.491 e. The summed E-state index contributed by atoms with van der Waals surface area (Å²) in [6, 6.07) is 6.77. The maximum Gasteiger partial charge on any atom is 0.179 e. The molecule has 2 fully saturated rings. The molecule has 1 aliphatic carbocycles. The third kappa shape index (κ3) is 3.87. The van der Waals surface area contributed by atoms with Gasteiger partial charge in [-0.25, -0.2) is 9.97 Å². The van der Waals surface area contributed by atoms with Crippen LogP contribution in [0.4, 0.5) is 11.6 Å². The van der Waals surface area contributed by atoms with Crippen molar-refractivity contribution in [3.63, 3.8) is 0 Å². The van der Waals surface area contributed by atoms with Crippen molar-refractivity contribution in [2.75, 3.05) is 32.1 Å².